The van der Waals surface area contributed by atoms with Gasteiger partial charge in [-0.15, -0.1) is 0 Å². The minimum absolute atomic E-state index is 0.322. The Morgan fingerprint density at radius 2 is 2.33 bits per heavy atom. The highest BCUT2D eigenvalue weighted by molar-refractivity contribution is 14.1. The lowest BCUT2D eigenvalue weighted by molar-refractivity contribution is 0.176. The number of piperidine rings is 1. The van der Waals surface area contributed by atoms with Crippen LogP contribution in [0.4, 0.5) is 0 Å². The third-order valence-corrected chi connectivity index (χ3v) is 3.04. The molecule has 1 heterocycles. The van der Waals surface area contributed by atoms with E-state index >= 15 is 0 Å². The topological polar surface area (TPSA) is 23.5 Å². The first kappa shape index (κ1) is 7.75. The van der Waals surface area contributed by atoms with Gasteiger partial charge in [-0.2, -0.15) is 0 Å². The maximum Gasteiger partial charge on any atom is 0.0594 e. The van der Waals surface area contributed by atoms with Crippen LogP contribution in [0.1, 0.15) is 19.3 Å². The summed E-state index contributed by atoms with van der Waals surface area (Å²) >= 11 is 2.29. The van der Waals surface area contributed by atoms with Gasteiger partial charge in [-0.05, 0) is 12.8 Å². The second-order valence-corrected chi connectivity index (χ2v) is 3.69. The molecule has 0 aromatic rings. The van der Waals surface area contributed by atoms with Crippen LogP contribution in [0.25, 0.3) is 0 Å². The molecule has 0 spiro atoms. The van der Waals surface area contributed by atoms with E-state index in [0.29, 0.717) is 12.6 Å². The van der Waals surface area contributed by atoms with Crippen molar-refractivity contribution in [1.82, 2.24) is 3.11 Å². The predicted molar refractivity (Wildman–Crippen MR) is 45.5 cm³/mol. The Morgan fingerprint density at radius 3 is 2.78 bits per heavy atom. The summed E-state index contributed by atoms with van der Waals surface area (Å²) in [4.78, 5) is 0. The first-order valence-corrected chi connectivity index (χ1v) is 4.34. The van der Waals surface area contributed by atoms with Gasteiger partial charge in [-0.25, -0.2) is 3.11 Å². The Labute approximate surface area is 69.7 Å². The highest BCUT2D eigenvalue weighted by Crippen LogP contribution is 2.19. The van der Waals surface area contributed by atoms with Crippen LogP contribution in [0, 0.1) is 0 Å². The van der Waals surface area contributed by atoms with Crippen molar-refractivity contribution in [3.8, 4) is 0 Å². The van der Waals surface area contributed by atoms with Gasteiger partial charge in [0.25, 0.3) is 0 Å². The van der Waals surface area contributed by atoms with Crippen LogP contribution in [0.15, 0.2) is 0 Å². The number of aliphatic hydroxyl groups is 1. The van der Waals surface area contributed by atoms with Gasteiger partial charge < -0.3 is 5.11 Å². The molecule has 1 aliphatic rings. The van der Waals surface area contributed by atoms with E-state index in [0.717, 1.165) is 6.54 Å². The first-order chi connectivity index (χ1) is 4.34. The summed E-state index contributed by atoms with van der Waals surface area (Å²) in [5.74, 6) is 0. The summed E-state index contributed by atoms with van der Waals surface area (Å²) in [5, 5.41) is 8.81. The number of aliphatic hydroxyl groups excluding tert-OH is 1. The maximum absolute atomic E-state index is 8.81. The van der Waals surface area contributed by atoms with Gasteiger partial charge in [0.05, 0.1) is 6.61 Å². The molecule has 9 heavy (non-hydrogen) atoms. The fourth-order valence-corrected chi connectivity index (χ4v) is 1.94. The van der Waals surface area contributed by atoms with Gasteiger partial charge in [0.15, 0.2) is 0 Å². The highest BCUT2D eigenvalue weighted by Gasteiger charge is 2.18. The summed E-state index contributed by atoms with van der Waals surface area (Å²) in [5.41, 5.74) is 0. The van der Waals surface area contributed by atoms with Gasteiger partial charge in [0.2, 0.25) is 0 Å². The van der Waals surface area contributed by atoms with Crippen LogP contribution in [-0.4, -0.2) is 27.4 Å². The summed E-state index contributed by atoms with van der Waals surface area (Å²) in [6, 6.07) is 0.430. The molecule has 1 fully saturated rings. The highest BCUT2D eigenvalue weighted by atomic mass is 127. The molecule has 1 rings (SSSR count). The van der Waals surface area contributed by atoms with Gasteiger partial charge in [0.1, 0.15) is 0 Å². The van der Waals surface area contributed by atoms with E-state index in [1.54, 1.807) is 0 Å². The van der Waals surface area contributed by atoms with Crippen LogP contribution in [0.5, 0.6) is 0 Å². The van der Waals surface area contributed by atoms with Crippen molar-refractivity contribution in [3.05, 3.63) is 0 Å². The van der Waals surface area contributed by atoms with Crippen molar-refractivity contribution in [2.75, 3.05) is 13.2 Å². The quantitative estimate of drug-likeness (QED) is 0.550. The van der Waals surface area contributed by atoms with Crippen molar-refractivity contribution in [3.63, 3.8) is 0 Å². The van der Waals surface area contributed by atoms with E-state index in [4.69, 9.17) is 5.11 Å². The molecule has 3 heteroatoms. The van der Waals surface area contributed by atoms with E-state index in [-0.39, 0.29) is 0 Å². The Morgan fingerprint density at radius 1 is 1.56 bits per heavy atom. The van der Waals surface area contributed by atoms with Crippen LogP contribution in [0.2, 0.25) is 0 Å². The number of halogens is 1. The lowest BCUT2D eigenvalue weighted by atomic mass is 10.1. The molecule has 1 atom stereocenters. The zero-order valence-corrected chi connectivity index (χ0v) is 7.54. The molecule has 0 radical (unpaired) electrons. The molecule has 0 aliphatic carbocycles. The van der Waals surface area contributed by atoms with E-state index in [9.17, 15) is 0 Å². The minimum atomic E-state index is 0.322. The average molecular weight is 241 g/mol. The van der Waals surface area contributed by atoms with Crippen molar-refractivity contribution in [1.29, 1.82) is 0 Å². The van der Waals surface area contributed by atoms with Crippen LogP contribution < -0.4 is 0 Å². The number of hydrogen-bond donors (Lipinski definition) is 1. The molecular formula is C6H12INO. The van der Waals surface area contributed by atoms with Crippen molar-refractivity contribution in [2.24, 2.45) is 0 Å². The minimum Gasteiger partial charge on any atom is -0.395 e. The number of rotatable bonds is 1. The van der Waals surface area contributed by atoms with Crippen LogP contribution in [0.3, 0.4) is 0 Å². The molecular weight excluding hydrogens is 229 g/mol. The van der Waals surface area contributed by atoms with Gasteiger partial charge in [0, 0.05) is 35.5 Å². The summed E-state index contributed by atoms with van der Waals surface area (Å²) < 4.78 is 2.21. The number of nitrogens with zero attached hydrogens (tertiary/aromatic N) is 1. The molecule has 0 amide bonds. The average Bonchev–Trinajstić information content (AvgIpc) is 1.89. The predicted octanol–water partition coefficient (Wildman–Crippen LogP) is 1.18. The van der Waals surface area contributed by atoms with Crippen molar-refractivity contribution >= 4 is 22.9 Å². The van der Waals surface area contributed by atoms with E-state index in [1.165, 1.54) is 19.3 Å². The molecule has 1 aliphatic heterocycles. The van der Waals surface area contributed by atoms with Gasteiger partial charge in [-0.3, -0.25) is 0 Å². The largest absolute Gasteiger partial charge is 0.395 e. The van der Waals surface area contributed by atoms with E-state index in [2.05, 4.69) is 26.0 Å². The van der Waals surface area contributed by atoms with Crippen LogP contribution >= 0.6 is 22.9 Å². The standard InChI is InChI=1S/C6H12INO/c7-8-4-2-1-3-6(8)5-9/h6,9H,1-5H2. The zero-order valence-electron chi connectivity index (χ0n) is 5.39. The second-order valence-electron chi connectivity index (χ2n) is 2.46. The normalized spacial score (nSPS) is 30.7. The van der Waals surface area contributed by atoms with Gasteiger partial charge >= 0.3 is 0 Å². The summed E-state index contributed by atoms with van der Waals surface area (Å²) in [6.07, 6.45) is 3.74. The molecule has 54 valence electrons. The number of hydrogen-bond acceptors (Lipinski definition) is 2. The fourth-order valence-electron chi connectivity index (χ4n) is 1.15. The summed E-state index contributed by atoms with van der Waals surface area (Å²) in [6.45, 7) is 1.47. The fraction of sp³-hybridized carbons (Fsp3) is 1.00. The Kier molecular flexibility index (Phi) is 3.21. The van der Waals surface area contributed by atoms with E-state index < -0.39 is 0 Å². The smallest absolute Gasteiger partial charge is 0.0594 e. The molecule has 0 aromatic heterocycles. The molecule has 1 saturated heterocycles. The van der Waals surface area contributed by atoms with Crippen LogP contribution in [-0.2, 0) is 0 Å². The van der Waals surface area contributed by atoms with Gasteiger partial charge in [-0.1, -0.05) is 6.42 Å². The van der Waals surface area contributed by atoms with Crippen molar-refractivity contribution < 1.29 is 5.11 Å². The molecule has 1 N–H and O–H groups in total. The lowest BCUT2D eigenvalue weighted by Crippen LogP contribution is -2.34. The zero-order chi connectivity index (χ0) is 6.69. The third kappa shape index (κ3) is 2.05. The Hall–Kier alpha value is 0.650. The second kappa shape index (κ2) is 3.73. The monoisotopic (exact) mass is 241 g/mol. The molecule has 0 saturated carbocycles. The lowest BCUT2D eigenvalue weighted by Gasteiger charge is -2.28. The molecule has 0 aromatic carbocycles. The first-order valence-electron chi connectivity index (χ1n) is 3.38. The summed E-state index contributed by atoms with van der Waals surface area (Å²) in [7, 11) is 0. The van der Waals surface area contributed by atoms with Crippen molar-refractivity contribution in [2.45, 2.75) is 25.3 Å². The SMILES string of the molecule is OCC1CCCCN1I. The molecule has 2 nitrogen and oxygen atoms in total. The maximum atomic E-state index is 8.81. The Bertz CT molecular complexity index is 89.1. The third-order valence-electron chi connectivity index (χ3n) is 1.77. The Balaban J connectivity index is 2.30. The molecule has 0 bridgehead atoms. The molecule has 1 unspecified atom stereocenters. The van der Waals surface area contributed by atoms with E-state index in [1.807, 2.05) is 0 Å².